The second kappa shape index (κ2) is 12.6. The summed E-state index contributed by atoms with van der Waals surface area (Å²) in [6, 6.07) is 14.5. The van der Waals surface area contributed by atoms with E-state index >= 15 is 0 Å². The van der Waals surface area contributed by atoms with Crippen LogP contribution in [-0.2, 0) is 0 Å². The number of aliphatic imine (C=N–C) groups is 1. The smallest absolute Gasteiger partial charge is 0.252 e. The Hall–Kier alpha value is -2.93. The summed E-state index contributed by atoms with van der Waals surface area (Å²) < 4.78 is 11.2. The molecule has 0 aliphatic heterocycles. The predicted octanol–water partition coefficient (Wildman–Crippen LogP) is 3.10. The van der Waals surface area contributed by atoms with Crippen molar-refractivity contribution in [2.45, 2.75) is 20.0 Å². The normalized spacial score (nSPS) is 12.1. The molecule has 1 unspecified atom stereocenters. The Kier molecular flexibility index (Phi) is 9.80. The molecule has 30 heavy (non-hydrogen) atoms. The van der Waals surface area contributed by atoms with Gasteiger partial charge < -0.3 is 25.4 Å². The van der Waals surface area contributed by atoms with E-state index in [2.05, 4.69) is 20.9 Å². The molecule has 0 aliphatic carbocycles. The third-order valence-corrected chi connectivity index (χ3v) is 4.40. The lowest BCUT2D eigenvalue weighted by molar-refractivity contribution is 0.0954. The summed E-state index contributed by atoms with van der Waals surface area (Å²) in [7, 11) is 1.61. The fraction of sp³-hybridized carbons (Fsp3) is 0.364. The third-order valence-electron chi connectivity index (χ3n) is 4.07. The Morgan fingerprint density at radius 2 is 1.70 bits per heavy atom. The molecule has 162 valence electrons. The van der Waals surface area contributed by atoms with Crippen LogP contribution in [0.4, 0.5) is 0 Å². The van der Waals surface area contributed by atoms with E-state index in [4.69, 9.17) is 21.1 Å². The van der Waals surface area contributed by atoms with Gasteiger partial charge in [0.15, 0.2) is 17.5 Å². The van der Waals surface area contributed by atoms with Crippen molar-refractivity contribution in [1.29, 1.82) is 0 Å². The van der Waals surface area contributed by atoms with E-state index in [1.54, 1.807) is 31.4 Å². The first kappa shape index (κ1) is 23.3. The number of hydrogen-bond acceptors (Lipinski definition) is 4. The van der Waals surface area contributed by atoms with Crippen molar-refractivity contribution >= 4 is 23.5 Å². The third kappa shape index (κ3) is 7.48. The van der Waals surface area contributed by atoms with Crippen LogP contribution in [0.15, 0.2) is 53.5 Å². The lowest BCUT2D eigenvalue weighted by Crippen LogP contribution is -2.42. The average Bonchev–Trinajstić information content (AvgIpc) is 2.75. The van der Waals surface area contributed by atoms with Gasteiger partial charge in [-0.2, -0.15) is 0 Å². The van der Waals surface area contributed by atoms with Crippen molar-refractivity contribution in [1.82, 2.24) is 16.0 Å². The van der Waals surface area contributed by atoms with Crippen molar-refractivity contribution < 1.29 is 14.3 Å². The van der Waals surface area contributed by atoms with E-state index in [9.17, 15) is 4.79 Å². The number of hydrogen-bond donors (Lipinski definition) is 3. The van der Waals surface area contributed by atoms with Crippen LogP contribution in [0.3, 0.4) is 0 Å². The zero-order valence-corrected chi connectivity index (χ0v) is 18.3. The number of amides is 1. The van der Waals surface area contributed by atoms with Gasteiger partial charge in [0.1, 0.15) is 6.10 Å². The number of carbonyl (C=O) groups excluding carboxylic acids is 1. The van der Waals surface area contributed by atoms with Gasteiger partial charge in [0.05, 0.1) is 24.2 Å². The standard InChI is InChI=1S/C22H29ClN4O3/c1-4-24-22(26-14-13-25-21(28)17-9-5-6-10-18(17)23)27-15-16(2)30-20-12-8-7-11-19(20)29-3/h5-12,16H,4,13-15H2,1-3H3,(H,25,28)(H2,24,26,27). The topological polar surface area (TPSA) is 84.0 Å². The molecule has 0 aromatic heterocycles. The van der Waals surface area contributed by atoms with E-state index < -0.39 is 0 Å². The van der Waals surface area contributed by atoms with Gasteiger partial charge in [-0.15, -0.1) is 0 Å². The van der Waals surface area contributed by atoms with E-state index in [1.165, 1.54) is 0 Å². The first-order chi connectivity index (χ1) is 14.5. The molecule has 0 bridgehead atoms. The molecular formula is C22H29ClN4O3. The van der Waals surface area contributed by atoms with Crippen LogP contribution in [0, 0.1) is 0 Å². The van der Waals surface area contributed by atoms with Crippen LogP contribution in [0.5, 0.6) is 11.5 Å². The van der Waals surface area contributed by atoms with Gasteiger partial charge in [-0.1, -0.05) is 35.9 Å². The summed E-state index contributed by atoms with van der Waals surface area (Å²) in [5.74, 6) is 1.82. The number of nitrogens with zero attached hydrogens (tertiary/aromatic N) is 1. The minimum atomic E-state index is -0.205. The quantitative estimate of drug-likeness (QED) is 0.305. The molecule has 0 aliphatic rings. The number of methoxy groups -OCH3 is 1. The Morgan fingerprint density at radius 3 is 2.40 bits per heavy atom. The predicted molar refractivity (Wildman–Crippen MR) is 121 cm³/mol. The number of para-hydroxylation sites is 2. The van der Waals surface area contributed by atoms with Gasteiger partial charge in [0.25, 0.3) is 5.91 Å². The van der Waals surface area contributed by atoms with Crippen LogP contribution < -0.4 is 25.4 Å². The number of carbonyl (C=O) groups is 1. The molecule has 0 heterocycles. The van der Waals surface area contributed by atoms with Gasteiger partial charge >= 0.3 is 0 Å². The molecule has 0 saturated heterocycles. The molecule has 0 radical (unpaired) electrons. The second-order valence-corrected chi connectivity index (χ2v) is 6.87. The lowest BCUT2D eigenvalue weighted by atomic mass is 10.2. The molecule has 8 heteroatoms. The Labute approximate surface area is 182 Å². The maximum atomic E-state index is 12.2. The first-order valence-corrected chi connectivity index (χ1v) is 10.3. The lowest BCUT2D eigenvalue weighted by Gasteiger charge is -2.17. The summed E-state index contributed by atoms with van der Waals surface area (Å²) in [5.41, 5.74) is 0.460. The highest BCUT2D eigenvalue weighted by Gasteiger charge is 2.10. The molecule has 2 rings (SSSR count). The van der Waals surface area contributed by atoms with Crippen LogP contribution in [0.25, 0.3) is 0 Å². The summed E-state index contributed by atoms with van der Waals surface area (Å²) in [4.78, 5) is 16.7. The molecule has 3 N–H and O–H groups in total. The highest BCUT2D eigenvalue weighted by atomic mass is 35.5. The Morgan fingerprint density at radius 1 is 1.03 bits per heavy atom. The number of guanidine groups is 1. The van der Waals surface area contributed by atoms with Gasteiger partial charge in [-0.25, -0.2) is 4.99 Å². The molecule has 1 atom stereocenters. The molecule has 0 saturated carbocycles. The monoisotopic (exact) mass is 432 g/mol. The molecule has 2 aromatic carbocycles. The van der Waals surface area contributed by atoms with Gasteiger partial charge in [0.2, 0.25) is 0 Å². The highest BCUT2D eigenvalue weighted by Crippen LogP contribution is 2.26. The van der Waals surface area contributed by atoms with Crippen LogP contribution in [0.1, 0.15) is 24.2 Å². The second-order valence-electron chi connectivity index (χ2n) is 6.46. The number of rotatable bonds is 10. The van der Waals surface area contributed by atoms with E-state index in [1.807, 2.05) is 38.1 Å². The molecule has 2 aromatic rings. The number of halogens is 1. The SMILES string of the molecule is CCNC(=NCC(C)Oc1ccccc1OC)NCCNC(=O)c1ccccc1Cl. The van der Waals surface area contributed by atoms with E-state index in [0.717, 1.165) is 6.54 Å². The van der Waals surface area contributed by atoms with Crippen molar-refractivity contribution in [2.75, 3.05) is 33.3 Å². The molecular weight excluding hydrogens is 404 g/mol. The maximum absolute atomic E-state index is 12.2. The van der Waals surface area contributed by atoms with Crippen LogP contribution >= 0.6 is 11.6 Å². The van der Waals surface area contributed by atoms with Crippen molar-refractivity contribution in [2.24, 2.45) is 4.99 Å². The molecule has 0 fully saturated rings. The number of nitrogens with one attached hydrogen (secondary N) is 3. The van der Waals surface area contributed by atoms with Crippen molar-refractivity contribution in [3.05, 3.63) is 59.1 Å². The first-order valence-electron chi connectivity index (χ1n) is 9.89. The maximum Gasteiger partial charge on any atom is 0.252 e. The van der Waals surface area contributed by atoms with Gasteiger partial charge in [-0.05, 0) is 38.1 Å². The summed E-state index contributed by atoms with van der Waals surface area (Å²) in [6.45, 7) is 6.07. The summed E-state index contributed by atoms with van der Waals surface area (Å²) in [6.07, 6.45) is -0.142. The molecule has 7 nitrogen and oxygen atoms in total. The van der Waals surface area contributed by atoms with Gasteiger partial charge in [0, 0.05) is 19.6 Å². The summed E-state index contributed by atoms with van der Waals surface area (Å²) >= 11 is 6.05. The Bertz CT molecular complexity index is 845. The van der Waals surface area contributed by atoms with E-state index in [-0.39, 0.29) is 12.0 Å². The van der Waals surface area contributed by atoms with Gasteiger partial charge in [-0.3, -0.25) is 4.79 Å². The van der Waals surface area contributed by atoms with Crippen LogP contribution in [0.2, 0.25) is 5.02 Å². The fourth-order valence-electron chi connectivity index (χ4n) is 2.63. The Balaban J connectivity index is 1.81. The zero-order chi connectivity index (χ0) is 21.8. The molecule has 1 amide bonds. The minimum absolute atomic E-state index is 0.142. The minimum Gasteiger partial charge on any atom is -0.493 e. The molecule has 0 spiro atoms. The average molecular weight is 433 g/mol. The number of benzene rings is 2. The van der Waals surface area contributed by atoms with E-state index in [0.29, 0.717) is 47.7 Å². The van der Waals surface area contributed by atoms with Crippen LogP contribution in [-0.4, -0.2) is 51.3 Å². The number of ether oxygens (including phenoxy) is 2. The van der Waals surface area contributed by atoms with Crippen molar-refractivity contribution in [3.63, 3.8) is 0 Å². The van der Waals surface area contributed by atoms with Crippen molar-refractivity contribution in [3.8, 4) is 11.5 Å². The largest absolute Gasteiger partial charge is 0.493 e. The summed E-state index contributed by atoms with van der Waals surface area (Å²) in [5, 5.41) is 9.65. The zero-order valence-electron chi connectivity index (χ0n) is 17.6. The fourth-order valence-corrected chi connectivity index (χ4v) is 2.85. The highest BCUT2D eigenvalue weighted by molar-refractivity contribution is 6.33.